The van der Waals surface area contributed by atoms with E-state index >= 15 is 0 Å². The van der Waals surface area contributed by atoms with Gasteiger partial charge in [0.15, 0.2) is 5.96 Å². The number of unbranched alkanes of at least 4 members (excludes halogenated alkanes) is 1. The van der Waals surface area contributed by atoms with Gasteiger partial charge in [-0.25, -0.2) is 0 Å². The normalized spacial score (nSPS) is 16.2. The van der Waals surface area contributed by atoms with Crippen LogP contribution >= 0.6 is 24.0 Å². The molecule has 0 spiro atoms. The first kappa shape index (κ1) is 29.4. The van der Waals surface area contributed by atoms with Gasteiger partial charge in [-0.3, -0.25) is 9.79 Å². The molecule has 1 heterocycles. The van der Waals surface area contributed by atoms with Crippen LogP contribution in [0.2, 0.25) is 0 Å². The number of guanidine groups is 1. The molecule has 1 unspecified atom stereocenters. The number of hydrogen-bond donors (Lipinski definition) is 4. The maximum Gasteiger partial charge on any atom is 0.220 e. The van der Waals surface area contributed by atoms with Gasteiger partial charge in [-0.05, 0) is 83.8 Å². The molecule has 1 aliphatic heterocycles. The molecule has 1 atom stereocenters. The zero-order valence-corrected chi connectivity index (χ0v) is 22.6. The van der Waals surface area contributed by atoms with E-state index in [0.717, 1.165) is 69.7 Å². The summed E-state index contributed by atoms with van der Waals surface area (Å²) in [5, 5.41) is 17.1. The van der Waals surface area contributed by atoms with E-state index in [2.05, 4.69) is 20.5 Å². The number of carbonyl (C=O) groups excluding carboxylic acids is 1. The lowest BCUT2D eigenvalue weighted by Gasteiger charge is -2.30. The second-order valence-electron chi connectivity index (χ2n) is 8.63. The van der Waals surface area contributed by atoms with E-state index in [-0.39, 0.29) is 48.5 Å². The van der Waals surface area contributed by atoms with Gasteiger partial charge < -0.3 is 31.1 Å². The fraction of sp³-hybridized carbons (Fsp3) is 0.667. The Morgan fingerprint density at radius 3 is 2.64 bits per heavy atom. The van der Waals surface area contributed by atoms with Crippen molar-refractivity contribution in [3.8, 4) is 5.75 Å². The zero-order chi connectivity index (χ0) is 23.3. The SMILES string of the molecule is CCNC(=NCC(O)c1cccc(OC(C)C)c1)NCCCCN1CCC(C(N)=O)CC1.I. The van der Waals surface area contributed by atoms with Crippen LogP contribution in [-0.4, -0.2) is 67.2 Å². The van der Waals surface area contributed by atoms with Crippen molar-refractivity contribution in [2.45, 2.75) is 58.7 Å². The number of rotatable bonds is 12. The Kier molecular flexibility index (Phi) is 14.4. The molecule has 2 rings (SSSR count). The number of benzene rings is 1. The Balaban J connectivity index is 0.00000544. The summed E-state index contributed by atoms with van der Waals surface area (Å²) in [6.07, 6.45) is 3.26. The summed E-state index contributed by atoms with van der Waals surface area (Å²) >= 11 is 0. The molecule has 5 N–H and O–H groups in total. The minimum atomic E-state index is -0.690. The standard InChI is InChI=1S/C24H41N5O3.HI/c1-4-26-24(27-12-5-6-13-29-14-10-19(11-15-29)23(25)31)28-17-22(30)20-8-7-9-21(16-20)32-18(2)3;/h7-9,16,18-19,22,30H,4-6,10-15,17H2,1-3H3,(H2,25,31)(H2,26,27,28);1H. The van der Waals surface area contributed by atoms with Crippen molar-refractivity contribution >= 4 is 35.8 Å². The number of halogens is 1. The van der Waals surface area contributed by atoms with Crippen LogP contribution in [0, 0.1) is 5.92 Å². The topological polar surface area (TPSA) is 112 Å². The molecule has 1 saturated heterocycles. The number of nitrogens with one attached hydrogen (secondary N) is 2. The fourth-order valence-electron chi connectivity index (χ4n) is 3.80. The number of carbonyl (C=O) groups is 1. The van der Waals surface area contributed by atoms with Gasteiger partial charge in [0, 0.05) is 19.0 Å². The third-order valence-electron chi connectivity index (χ3n) is 5.56. The molecule has 1 amide bonds. The van der Waals surface area contributed by atoms with Crippen molar-refractivity contribution in [2.75, 3.05) is 39.3 Å². The van der Waals surface area contributed by atoms with Crippen LogP contribution in [0.15, 0.2) is 29.3 Å². The fourth-order valence-corrected chi connectivity index (χ4v) is 3.80. The highest BCUT2D eigenvalue weighted by molar-refractivity contribution is 14.0. The lowest BCUT2D eigenvalue weighted by Crippen LogP contribution is -2.40. The molecular weight excluding hydrogens is 533 g/mol. The van der Waals surface area contributed by atoms with Crippen molar-refractivity contribution in [1.29, 1.82) is 0 Å². The zero-order valence-electron chi connectivity index (χ0n) is 20.3. The number of ether oxygens (including phenoxy) is 1. The summed E-state index contributed by atoms with van der Waals surface area (Å²) < 4.78 is 5.71. The summed E-state index contributed by atoms with van der Waals surface area (Å²) in [6.45, 7) is 10.8. The molecule has 1 aromatic carbocycles. The van der Waals surface area contributed by atoms with E-state index in [9.17, 15) is 9.90 Å². The van der Waals surface area contributed by atoms with Gasteiger partial charge >= 0.3 is 0 Å². The average Bonchev–Trinajstić information content (AvgIpc) is 2.77. The Bertz CT molecular complexity index is 724. The van der Waals surface area contributed by atoms with Gasteiger partial charge in [-0.15, -0.1) is 24.0 Å². The number of piperidine rings is 1. The molecule has 9 heteroatoms. The predicted octanol–water partition coefficient (Wildman–Crippen LogP) is 2.66. The van der Waals surface area contributed by atoms with Crippen LogP contribution in [-0.2, 0) is 4.79 Å². The minimum Gasteiger partial charge on any atom is -0.491 e. The van der Waals surface area contributed by atoms with E-state index in [1.54, 1.807) is 0 Å². The molecule has 1 aliphatic rings. The number of likely N-dealkylation sites (tertiary alicyclic amines) is 1. The maximum atomic E-state index is 11.3. The number of primary amides is 1. The van der Waals surface area contributed by atoms with Crippen molar-refractivity contribution in [1.82, 2.24) is 15.5 Å². The van der Waals surface area contributed by atoms with Crippen molar-refractivity contribution in [2.24, 2.45) is 16.6 Å². The second-order valence-corrected chi connectivity index (χ2v) is 8.63. The summed E-state index contributed by atoms with van der Waals surface area (Å²) in [5.41, 5.74) is 6.20. The maximum absolute atomic E-state index is 11.3. The minimum absolute atomic E-state index is 0. The quantitative estimate of drug-likeness (QED) is 0.132. The Labute approximate surface area is 215 Å². The number of aliphatic hydroxyl groups excluding tert-OH is 1. The number of nitrogens with zero attached hydrogens (tertiary/aromatic N) is 2. The first-order valence-corrected chi connectivity index (χ1v) is 11.9. The lowest BCUT2D eigenvalue weighted by molar-refractivity contribution is -0.123. The van der Waals surface area contributed by atoms with Crippen molar-refractivity contribution in [3.63, 3.8) is 0 Å². The highest BCUT2D eigenvalue weighted by atomic mass is 127. The van der Waals surface area contributed by atoms with E-state index < -0.39 is 6.10 Å². The highest BCUT2D eigenvalue weighted by Gasteiger charge is 2.22. The number of amides is 1. The van der Waals surface area contributed by atoms with E-state index in [1.807, 2.05) is 45.0 Å². The van der Waals surface area contributed by atoms with E-state index in [0.29, 0.717) is 5.96 Å². The summed E-state index contributed by atoms with van der Waals surface area (Å²) in [4.78, 5) is 18.2. The van der Waals surface area contributed by atoms with Crippen LogP contribution < -0.4 is 21.1 Å². The van der Waals surface area contributed by atoms with Crippen LogP contribution in [0.4, 0.5) is 0 Å². The molecule has 188 valence electrons. The predicted molar refractivity (Wildman–Crippen MR) is 144 cm³/mol. The van der Waals surface area contributed by atoms with Gasteiger partial charge in [-0.1, -0.05) is 12.1 Å². The van der Waals surface area contributed by atoms with Crippen LogP contribution in [0.1, 0.15) is 58.1 Å². The highest BCUT2D eigenvalue weighted by Crippen LogP contribution is 2.20. The monoisotopic (exact) mass is 575 g/mol. The average molecular weight is 576 g/mol. The molecule has 0 radical (unpaired) electrons. The first-order valence-electron chi connectivity index (χ1n) is 11.9. The number of aliphatic hydroxyl groups is 1. The number of nitrogens with two attached hydrogens (primary N) is 1. The number of aliphatic imine (C=N–C) groups is 1. The van der Waals surface area contributed by atoms with E-state index in [4.69, 9.17) is 10.5 Å². The third-order valence-corrected chi connectivity index (χ3v) is 5.56. The summed E-state index contributed by atoms with van der Waals surface area (Å²) in [7, 11) is 0. The third kappa shape index (κ3) is 11.4. The summed E-state index contributed by atoms with van der Waals surface area (Å²) in [5.74, 6) is 1.35. The molecule has 0 aliphatic carbocycles. The first-order chi connectivity index (χ1) is 15.4. The van der Waals surface area contributed by atoms with Gasteiger partial charge in [0.25, 0.3) is 0 Å². The molecule has 0 aromatic heterocycles. The molecule has 1 aromatic rings. The summed E-state index contributed by atoms with van der Waals surface area (Å²) in [6, 6.07) is 7.54. The van der Waals surface area contributed by atoms with Gasteiger partial charge in [-0.2, -0.15) is 0 Å². The van der Waals surface area contributed by atoms with Gasteiger partial charge in [0.05, 0.1) is 18.8 Å². The lowest BCUT2D eigenvalue weighted by atomic mass is 9.96. The van der Waals surface area contributed by atoms with Gasteiger partial charge in [0.2, 0.25) is 5.91 Å². The Morgan fingerprint density at radius 2 is 2.00 bits per heavy atom. The van der Waals surface area contributed by atoms with Crippen LogP contribution in [0.25, 0.3) is 0 Å². The Hall–Kier alpha value is -1.59. The molecule has 1 fully saturated rings. The van der Waals surface area contributed by atoms with Crippen molar-refractivity contribution < 1.29 is 14.6 Å². The molecular formula is C24H42IN5O3. The molecule has 0 bridgehead atoms. The van der Waals surface area contributed by atoms with Crippen LogP contribution in [0.5, 0.6) is 5.75 Å². The van der Waals surface area contributed by atoms with Gasteiger partial charge in [0.1, 0.15) is 5.75 Å². The van der Waals surface area contributed by atoms with Crippen LogP contribution in [0.3, 0.4) is 0 Å². The van der Waals surface area contributed by atoms with Crippen molar-refractivity contribution in [3.05, 3.63) is 29.8 Å². The Morgan fingerprint density at radius 1 is 1.27 bits per heavy atom. The smallest absolute Gasteiger partial charge is 0.220 e. The molecule has 0 saturated carbocycles. The second kappa shape index (κ2) is 16.1. The largest absolute Gasteiger partial charge is 0.491 e. The molecule has 33 heavy (non-hydrogen) atoms. The molecule has 8 nitrogen and oxygen atoms in total. The van der Waals surface area contributed by atoms with E-state index in [1.165, 1.54) is 0 Å². The number of hydrogen-bond acceptors (Lipinski definition) is 5.